The molecule has 2 N–H and O–H groups in total. The predicted molar refractivity (Wildman–Crippen MR) is 67.5 cm³/mol. The van der Waals surface area contributed by atoms with E-state index < -0.39 is 0 Å². The molecule has 0 bridgehead atoms. The van der Waals surface area contributed by atoms with Gasteiger partial charge in [-0.2, -0.15) is 0 Å². The lowest BCUT2D eigenvalue weighted by Crippen LogP contribution is -2.48. The monoisotopic (exact) mass is 226 g/mol. The summed E-state index contributed by atoms with van der Waals surface area (Å²) in [7, 11) is 0. The third-order valence-corrected chi connectivity index (χ3v) is 3.75. The average molecular weight is 226 g/mol. The van der Waals surface area contributed by atoms with Crippen molar-refractivity contribution in [2.75, 3.05) is 0 Å². The fraction of sp³-hybridized carbons (Fsp3) is 0.923. The van der Waals surface area contributed by atoms with Crippen molar-refractivity contribution in [1.29, 1.82) is 0 Å². The Morgan fingerprint density at radius 3 is 2.44 bits per heavy atom. The summed E-state index contributed by atoms with van der Waals surface area (Å²) >= 11 is 0. The summed E-state index contributed by atoms with van der Waals surface area (Å²) in [4.78, 5) is 11.8. The van der Waals surface area contributed by atoms with Crippen molar-refractivity contribution in [2.24, 2.45) is 5.92 Å². The van der Waals surface area contributed by atoms with Crippen molar-refractivity contribution in [1.82, 2.24) is 10.6 Å². The number of urea groups is 1. The first-order valence-corrected chi connectivity index (χ1v) is 6.74. The molecule has 1 rings (SSSR count). The molecule has 1 aliphatic rings. The van der Waals surface area contributed by atoms with E-state index in [0.29, 0.717) is 18.0 Å². The zero-order valence-electron chi connectivity index (χ0n) is 10.9. The minimum Gasteiger partial charge on any atom is -0.335 e. The van der Waals surface area contributed by atoms with Gasteiger partial charge in [-0.05, 0) is 31.6 Å². The van der Waals surface area contributed by atoms with Gasteiger partial charge in [-0.15, -0.1) is 0 Å². The zero-order chi connectivity index (χ0) is 12.0. The van der Waals surface area contributed by atoms with Crippen molar-refractivity contribution in [2.45, 2.75) is 71.4 Å². The highest BCUT2D eigenvalue weighted by atomic mass is 16.2. The van der Waals surface area contributed by atoms with Gasteiger partial charge in [-0.1, -0.05) is 33.6 Å². The van der Waals surface area contributed by atoms with Crippen LogP contribution in [0.5, 0.6) is 0 Å². The van der Waals surface area contributed by atoms with Crippen LogP contribution in [0.2, 0.25) is 0 Å². The van der Waals surface area contributed by atoms with Crippen LogP contribution in [-0.4, -0.2) is 18.1 Å². The first kappa shape index (κ1) is 13.3. The molecule has 16 heavy (non-hydrogen) atoms. The van der Waals surface area contributed by atoms with E-state index in [0.717, 1.165) is 19.3 Å². The summed E-state index contributed by atoms with van der Waals surface area (Å²) in [6.45, 7) is 6.45. The lowest BCUT2D eigenvalue weighted by molar-refractivity contribution is 0.217. The Kier molecular flexibility index (Phi) is 5.64. The highest BCUT2D eigenvalue weighted by molar-refractivity contribution is 5.74. The maximum Gasteiger partial charge on any atom is 0.315 e. The normalized spacial score (nSPS) is 25.5. The van der Waals surface area contributed by atoms with E-state index in [1.54, 1.807) is 0 Å². The molecule has 0 heterocycles. The molecule has 94 valence electrons. The van der Waals surface area contributed by atoms with Gasteiger partial charge in [0.2, 0.25) is 0 Å². The van der Waals surface area contributed by atoms with Crippen molar-refractivity contribution >= 4 is 6.03 Å². The molecular formula is C13H26N2O. The summed E-state index contributed by atoms with van der Waals surface area (Å²) < 4.78 is 0. The Balaban J connectivity index is 2.32. The minimum atomic E-state index is 0.0208. The van der Waals surface area contributed by atoms with Crippen LogP contribution in [0.25, 0.3) is 0 Å². The second-order valence-corrected chi connectivity index (χ2v) is 5.00. The molecule has 0 aliphatic heterocycles. The summed E-state index contributed by atoms with van der Waals surface area (Å²) in [6.07, 6.45) is 6.95. The second-order valence-electron chi connectivity index (χ2n) is 5.00. The van der Waals surface area contributed by atoms with E-state index in [9.17, 15) is 4.79 Å². The topological polar surface area (TPSA) is 41.1 Å². The van der Waals surface area contributed by atoms with Crippen LogP contribution in [0.3, 0.4) is 0 Å². The van der Waals surface area contributed by atoms with Gasteiger partial charge >= 0.3 is 6.03 Å². The molecule has 0 aromatic rings. The van der Waals surface area contributed by atoms with Crippen LogP contribution < -0.4 is 10.6 Å². The molecule has 2 unspecified atom stereocenters. The van der Waals surface area contributed by atoms with Crippen LogP contribution in [-0.2, 0) is 0 Å². The summed E-state index contributed by atoms with van der Waals surface area (Å²) in [6, 6.07) is 0.717. The Morgan fingerprint density at radius 1 is 1.25 bits per heavy atom. The van der Waals surface area contributed by atoms with E-state index in [-0.39, 0.29) is 6.03 Å². The maximum atomic E-state index is 11.8. The highest BCUT2D eigenvalue weighted by Crippen LogP contribution is 2.23. The van der Waals surface area contributed by atoms with Crippen molar-refractivity contribution in [3.8, 4) is 0 Å². The molecule has 1 aliphatic carbocycles. The number of hydrogen-bond donors (Lipinski definition) is 2. The van der Waals surface area contributed by atoms with Gasteiger partial charge in [0.15, 0.2) is 0 Å². The average Bonchev–Trinajstić information content (AvgIpc) is 2.29. The molecule has 3 heteroatoms. The third-order valence-electron chi connectivity index (χ3n) is 3.75. The molecule has 2 amide bonds. The number of rotatable bonds is 4. The number of nitrogens with one attached hydrogen (secondary N) is 2. The van der Waals surface area contributed by atoms with Gasteiger partial charge in [-0.25, -0.2) is 4.79 Å². The summed E-state index contributed by atoms with van der Waals surface area (Å²) in [5.74, 6) is 0.626. The Morgan fingerprint density at radius 2 is 1.88 bits per heavy atom. The SMILES string of the molecule is CCC(CC)NC(=O)NC1CCCCC1C. The molecule has 0 aromatic carbocycles. The largest absolute Gasteiger partial charge is 0.335 e. The highest BCUT2D eigenvalue weighted by Gasteiger charge is 2.23. The van der Waals surface area contributed by atoms with Crippen molar-refractivity contribution < 1.29 is 4.79 Å². The fourth-order valence-electron chi connectivity index (χ4n) is 2.42. The molecule has 1 saturated carbocycles. The van der Waals surface area contributed by atoms with Crippen molar-refractivity contribution in [3.63, 3.8) is 0 Å². The lowest BCUT2D eigenvalue weighted by atomic mass is 9.86. The van der Waals surface area contributed by atoms with Gasteiger partial charge in [0.05, 0.1) is 0 Å². The molecule has 1 fully saturated rings. The predicted octanol–water partition coefficient (Wildman–Crippen LogP) is 3.05. The van der Waals surface area contributed by atoms with E-state index in [2.05, 4.69) is 31.4 Å². The smallest absolute Gasteiger partial charge is 0.315 e. The molecule has 3 nitrogen and oxygen atoms in total. The first-order chi connectivity index (χ1) is 7.67. The summed E-state index contributed by atoms with van der Waals surface area (Å²) in [5.41, 5.74) is 0. The van der Waals surface area contributed by atoms with Crippen LogP contribution in [0.1, 0.15) is 59.3 Å². The Hall–Kier alpha value is -0.730. The second kappa shape index (κ2) is 6.77. The number of amides is 2. The number of hydrogen-bond acceptors (Lipinski definition) is 1. The molecule has 0 aromatic heterocycles. The number of carbonyl (C=O) groups is 1. The lowest BCUT2D eigenvalue weighted by Gasteiger charge is -2.30. The molecule has 2 atom stereocenters. The standard InChI is InChI=1S/C13H26N2O/c1-4-11(5-2)14-13(16)15-12-9-7-6-8-10(12)3/h10-12H,4-9H2,1-3H3,(H2,14,15,16). The van der Waals surface area contributed by atoms with Gasteiger partial charge in [0.25, 0.3) is 0 Å². The van der Waals surface area contributed by atoms with Crippen LogP contribution in [0.15, 0.2) is 0 Å². The quantitative estimate of drug-likeness (QED) is 0.760. The van der Waals surface area contributed by atoms with Crippen LogP contribution >= 0.6 is 0 Å². The van der Waals surface area contributed by atoms with Crippen LogP contribution in [0.4, 0.5) is 4.79 Å². The minimum absolute atomic E-state index is 0.0208. The third kappa shape index (κ3) is 4.03. The van der Waals surface area contributed by atoms with E-state index >= 15 is 0 Å². The van der Waals surface area contributed by atoms with Gasteiger partial charge in [0.1, 0.15) is 0 Å². The maximum absolute atomic E-state index is 11.8. The first-order valence-electron chi connectivity index (χ1n) is 6.74. The molecular weight excluding hydrogens is 200 g/mol. The Labute approximate surface area is 99.4 Å². The molecule has 0 spiro atoms. The zero-order valence-corrected chi connectivity index (χ0v) is 10.9. The van der Waals surface area contributed by atoms with Gasteiger partial charge in [0, 0.05) is 12.1 Å². The Bertz CT molecular complexity index is 214. The summed E-state index contributed by atoms with van der Waals surface area (Å²) in [5, 5.41) is 6.15. The van der Waals surface area contributed by atoms with E-state index in [1.165, 1.54) is 19.3 Å². The van der Waals surface area contributed by atoms with Gasteiger partial charge < -0.3 is 10.6 Å². The number of carbonyl (C=O) groups excluding carboxylic acids is 1. The fourth-order valence-corrected chi connectivity index (χ4v) is 2.42. The molecule has 0 radical (unpaired) electrons. The van der Waals surface area contributed by atoms with Crippen LogP contribution in [0, 0.1) is 5.92 Å². The molecule has 0 saturated heterocycles. The van der Waals surface area contributed by atoms with E-state index in [4.69, 9.17) is 0 Å². The van der Waals surface area contributed by atoms with Crippen molar-refractivity contribution in [3.05, 3.63) is 0 Å². The van der Waals surface area contributed by atoms with E-state index in [1.807, 2.05) is 0 Å². The van der Waals surface area contributed by atoms with Gasteiger partial charge in [-0.3, -0.25) is 0 Å².